The summed E-state index contributed by atoms with van der Waals surface area (Å²) in [6, 6.07) is 0. The Morgan fingerprint density at radius 2 is 1.88 bits per heavy atom. The lowest BCUT2D eigenvalue weighted by molar-refractivity contribution is 0.318. The first-order chi connectivity index (χ1) is 7.70. The van der Waals surface area contributed by atoms with Gasteiger partial charge in [-0.25, -0.2) is 0 Å². The van der Waals surface area contributed by atoms with Gasteiger partial charge in [-0.2, -0.15) is 0 Å². The summed E-state index contributed by atoms with van der Waals surface area (Å²) in [6.07, 6.45) is 7.16. The van der Waals surface area contributed by atoms with Crippen LogP contribution in [0, 0.1) is 17.8 Å². The Morgan fingerprint density at radius 3 is 2.38 bits per heavy atom. The van der Waals surface area contributed by atoms with Crippen LogP contribution in [0.5, 0.6) is 0 Å². The van der Waals surface area contributed by atoms with Gasteiger partial charge in [0.05, 0.1) is 0 Å². The molecule has 1 heteroatoms. The third kappa shape index (κ3) is 7.27. The topological polar surface area (TPSA) is 12.0 Å². The maximum Gasteiger partial charge on any atom is -0.00205 e. The van der Waals surface area contributed by atoms with Gasteiger partial charge >= 0.3 is 0 Å². The molecule has 0 bridgehead atoms. The first kappa shape index (κ1) is 16.0. The molecule has 0 amide bonds. The Hall–Kier alpha value is -0.0400. The van der Waals surface area contributed by atoms with Crippen molar-refractivity contribution < 1.29 is 0 Å². The molecule has 0 aromatic rings. The molecule has 1 heterocycles. The van der Waals surface area contributed by atoms with Gasteiger partial charge in [-0.05, 0) is 50.1 Å². The molecule has 1 nitrogen and oxygen atoms in total. The predicted octanol–water partition coefficient (Wildman–Crippen LogP) is 4.47. The highest BCUT2D eigenvalue weighted by atomic mass is 14.9. The maximum atomic E-state index is 3.50. The molecular formula is C15H33N. The minimum absolute atomic E-state index is 0.861. The molecular weight excluding hydrogens is 194 g/mol. The number of rotatable bonds is 5. The van der Waals surface area contributed by atoms with Crippen LogP contribution < -0.4 is 5.32 Å². The van der Waals surface area contributed by atoms with Crippen molar-refractivity contribution in [2.75, 3.05) is 13.1 Å². The monoisotopic (exact) mass is 227 g/mol. The van der Waals surface area contributed by atoms with Gasteiger partial charge in [0.2, 0.25) is 0 Å². The van der Waals surface area contributed by atoms with E-state index in [1.165, 1.54) is 45.2 Å². The SMILES string of the molecule is CC.CC(C)C(C)CCCC1CCCNC1. The fourth-order valence-corrected chi connectivity index (χ4v) is 2.23. The molecule has 2 unspecified atom stereocenters. The van der Waals surface area contributed by atoms with E-state index in [2.05, 4.69) is 26.1 Å². The fraction of sp³-hybridized carbons (Fsp3) is 1.00. The molecule has 0 spiro atoms. The predicted molar refractivity (Wildman–Crippen MR) is 74.8 cm³/mol. The summed E-state index contributed by atoms with van der Waals surface area (Å²) in [5.41, 5.74) is 0. The summed E-state index contributed by atoms with van der Waals surface area (Å²) >= 11 is 0. The van der Waals surface area contributed by atoms with Crippen LogP contribution in [0.25, 0.3) is 0 Å². The van der Waals surface area contributed by atoms with Gasteiger partial charge in [-0.15, -0.1) is 0 Å². The van der Waals surface area contributed by atoms with Crippen molar-refractivity contribution in [3.8, 4) is 0 Å². The minimum Gasteiger partial charge on any atom is -0.316 e. The summed E-state index contributed by atoms with van der Waals surface area (Å²) in [7, 11) is 0. The summed E-state index contributed by atoms with van der Waals surface area (Å²) < 4.78 is 0. The zero-order valence-corrected chi connectivity index (χ0v) is 12.2. The van der Waals surface area contributed by atoms with Crippen molar-refractivity contribution in [2.24, 2.45) is 17.8 Å². The van der Waals surface area contributed by atoms with Crippen LogP contribution in [0.1, 0.15) is 66.7 Å². The Bertz CT molecular complexity index is 136. The fourth-order valence-electron chi connectivity index (χ4n) is 2.23. The highest BCUT2D eigenvalue weighted by Gasteiger charge is 2.13. The molecule has 1 fully saturated rings. The summed E-state index contributed by atoms with van der Waals surface area (Å²) in [5, 5.41) is 3.50. The average Bonchev–Trinajstić information content (AvgIpc) is 2.33. The first-order valence-electron chi connectivity index (χ1n) is 7.41. The van der Waals surface area contributed by atoms with Crippen LogP contribution in [0.2, 0.25) is 0 Å². The normalized spacial score (nSPS) is 22.5. The molecule has 98 valence electrons. The molecule has 1 saturated heterocycles. The van der Waals surface area contributed by atoms with Crippen LogP contribution >= 0.6 is 0 Å². The standard InChI is InChI=1S/C13H27N.C2H6/c1-11(2)12(3)6-4-7-13-8-5-9-14-10-13;1-2/h11-14H,4-10H2,1-3H3;1-2H3. The Balaban J connectivity index is 0.00000106. The molecule has 0 aromatic heterocycles. The van der Waals surface area contributed by atoms with E-state index in [1.54, 1.807) is 0 Å². The second kappa shape index (κ2) is 10.1. The molecule has 1 aliphatic heterocycles. The van der Waals surface area contributed by atoms with Crippen LogP contribution in [-0.4, -0.2) is 13.1 Å². The minimum atomic E-state index is 0.861. The van der Waals surface area contributed by atoms with Gasteiger partial charge in [0.15, 0.2) is 0 Å². The molecule has 1 rings (SSSR count). The molecule has 1 aliphatic rings. The van der Waals surface area contributed by atoms with E-state index in [9.17, 15) is 0 Å². The Kier molecular flexibility index (Phi) is 10.1. The Labute approximate surface area is 103 Å². The number of hydrogen-bond donors (Lipinski definition) is 1. The molecule has 0 radical (unpaired) electrons. The van der Waals surface area contributed by atoms with Gasteiger partial charge in [0.1, 0.15) is 0 Å². The van der Waals surface area contributed by atoms with Crippen LogP contribution in [0.3, 0.4) is 0 Å². The zero-order chi connectivity index (χ0) is 12.4. The molecule has 0 aromatic carbocycles. The number of hydrogen-bond acceptors (Lipinski definition) is 1. The van der Waals surface area contributed by atoms with Crippen molar-refractivity contribution in [1.82, 2.24) is 5.32 Å². The van der Waals surface area contributed by atoms with E-state index in [-0.39, 0.29) is 0 Å². The van der Waals surface area contributed by atoms with Gasteiger partial charge in [-0.1, -0.05) is 47.5 Å². The van der Waals surface area contributed by atoms with E-state index >= 15 is 0 Å². The summed E-state index contributed by atoms with van der Waals surface area (Å²) in [4.78, 5) is 0. The van der Waals surface area contributed by atoms with E-state index in [4.69, 9.17) is 0 Å². The van der Waals surface area contributed by atoms with Crippen molar-refractivity contribution in [1.29, 1.82) is 0 Å². The Morgan fingerprint density at radius 1 is 1.19 bits per heavy atom. The van der Waals surface area contributed by atoms with E-state index in [1.807, 2.05) is 13.8 Å². The van der Waals surface area contributed by atoms with Crippen LogP contribution in [0.4, 0.5) is 0 Å². The molecule has 2 atom stereocenters. The van der Waals surface area contributed by atoms with Gasteiger partial charge in [0.25, 0.3) is 0 Å². The maximum absolute atomic E-state index is 3.50. The number of piperidine rings is 1. The lowest BCUT2D eigenvalue weighted by Gasteiger charge is -2.23. The first-order valence-corrected chi connectivity index (χ1v) is 7.41. The van der Waals surface area contributed by atoms with Crippen LogP contribution in [-0.2, 0) is 0 Å². The van der Waals surface area contributed by atoms with Crippen molar-refractivity contribution in [2.45, 2.75) is 66.7 Å². The molecule has 0 saturated carbocycles. The third-order valence-electron chi connectivity index (χ3n) is 3.81. The lowest BCUT2D eigenvalue weighted by Crippen LogP contribution is -2.29. The van der Waals surface area contributed by atoms with E-state index in [0.29, 0.717) is 0 Å². The van der Waals surface area contributed by atoms with Crippen LogP contribution in [0.15, 0.2) is 0 Å². The van der Waals surface area contributed by atoms with Gasteiger partial charge in [-0.3, -0.25) is 0 Å². The van der Waals surface area contributed by atoms with Crippen molar-refractivity contribution in [3.05, 3.63) is 0 Å². The largest absolute Gasteiger partial charge is 0.316 e. The van der Waals surface area contributed by atoms with E-state index < -0.39 is 0 Å². The summed E-state index contributed by atoms with van der Waals surface area (Å²) in [5.74, 6) is 2.74. The van der Waals surface area contributed by atoms with Gasteiger partial charge in [0, 0.05) is 0 Å². The molecule has 16 heavy (non-hydrogen) atoms. The van der Waals surface area contributed by atoms with Crippen molar-refractivity contribution in [3.63, 3.8) is 0 Å². The zero-order valence-electron chi connectivity index (χ0n) is 12.2. The second-order valence-electron chi connectivity index (χ2n) is 5.36. The van der Waals surface area contributed by atoms with E-state index in [0.717, 1.165) is 17.8 Å². The quantitative estimate of drug-likeness (QED) is 0.730. The second-order valence-corrected chi connectivity index (χ2v) is 5.36. The molecule has 1 N–H and O–H groups in total. The molecule has 0 aliphatic carbocycles. The summed E-state index contributed by atoms with van der Waals surface area (Å²) in [6.45, 7) is 13.6. The number of nitrogens with one attached hydrogen (secondary N) is 1. The van der Waals surface area contributed by atoms with Gasteiger partial charge < -0.3 is 5.32 Å². The smallest absolute Gasteiger partial charge is 0.00205 e. The average molecular weight is 227 g/mol. The van der Waals surface area contributed by atoms with Crippen molar-refractivity contribution >= 4 is 0 Å². The highest BCUT2D eigenvalue weighted by Crippen LogP contribution is 2.21. The third-order valence-corrected chi connectivity index (χ3v) is 3.81. The lowest BCUT2D eigenvalue weighted by atomic mass is 9.88. The highest BCUT2D eigenvalue weighted by molar-refractivity contribution is 4.69.